The predicted molar refractivity (Wildman–Crippen MR) is 127 cm³/mol. The molecule has 0 saturated carbocycles. The molecule has 3 aromatic carbocycles. The number of methoxy groups -OCH3 is 2. The van der Waals surface area contributed by atoms with Gasteiger partial charge in [0.25, 0.3) is 11.8 Å². The number of benzene rings is 3. The topological polar surface area (TPSA) is 105 Å². The number of rotatable bonds is 7. The lowest BCUT2D eigenvalue weighted by Crippen LogP contribution is -2.41. The summed E-state index contributed by atoms with van der Waals surface area (Å²) in [5, 5.41) is 0.842. The third-order valence-corrected chi connectivity index (χ3v) is 5.85. The van der Waals surface area contributed by atoms with E-state index in [0.29, 0.717) is 22.8 Å². The van der Waals surface area contributed by atoms with E-state index >= 15 is 0 Å². The molecular weight excluding hydrogens is 440 g/mol. The van der Waals surface area contributed by atoms with Crippen molar-refractivity contribution in [3.8, 4) is 11.5 Å². The molecule has 1 heterocycles. The smallest absolute Gasteiger partial charge is 0.273 e. The largest absolute Gasteiger partial charge is 0.497 e. The van der Waals surface area contributed by atoms with Crippen molar-refractivity contribution in [3.05, 3.63) is 83.4 Å². The Morgan fingerprint density at radius 1 is 0.939 bits per heavy atom. The number of aromatic amines is 1. The number of hydrogen-bond donors (Lipinski definition) is 3. The lowest BCUT2D eigenvalue weighted by Gasteiger charge is -2.11. The molecule has 0 atom stereocenters. The molecule has 168 valence electrons. The maximum atomic E-state index is 12.4. The number of carbonyl (C=O) groups excluding carboxylic acids is 2. The van der Waals surface area contributed by atoms with Crippen molar-refractivity contribution in [2.75, 3.05) is 14.2 Å². The Hall–Kier alpha value is -3.98. The van der Waals surface area contributed by atoms with Gasteiger partial charge in [0, 0.05) is 17.4 Å². The van der Waals surface area contributed by atoms with Crippen LogP contribution in [-0.4, -0.2) is 36.0 Å². The van der Waals surface area contributed by atoms with Crippen LogP contribution in [-0.2, 0) is 5.75 Å². The Morgan fingerprint density at radius 2 is 1.70 bits per heavy atom. The molecule has 4 rings (SSSR count). The van der Waals surface area contributed by atoms with E-state index in [1.54, 1.807) is 42.1 Å². The van der Waals surface area contributed by atoms with Crippen molar-refractivity contribution in [2.45, 2.75) is 10.9 Å². The van der Waals surface area contributed by atoms with Crippen molar-refractivity contribution >= 4 is 34.6 Å². The summed E-state index contributed by atoms with van der Waals surface area (Å²) in [6, 6.07) is 19.8. The summed E-state index contributed by atoms with van der Waals surface area (Å²) in [6.07, 6.45) is 0. The Bertz CT molecular complexity index is 1250. The molecule has 0 aliphatic rings. The monoisotopic (exact) mass is 462 g/mol. The lowest BCUT2D eigenvalue weighted by molar-refractivity contribution is 0.0845. The standard InChI is InChI=1S/C24H22N4O4S/c1-31-17-11-12-18(21(13-17)32-2)23(30)28-27-22(29)16-9-7-15(8-10-16)14-33-24-25-19-5-3-4-6-20(19)26-24/h3-13H,14H2,1-2H3,(H,25,26)(H,27,29)(H,28,30). The Balaban J connectivity index is 1.32. The minimum Gasteiger partial charge on any atom is -0.497 e. The van der Waals surface area contributed by atoms with Crippen molar-refractivity contribution in [1.82, 2.24) is 20.8 Å². The van der Waals surface area contributed by atoms with Gasteiger partial charge in [-0.3, -0.25) is 20.4 Å². The molecule has 0 unspecified atom stereocenters. The van der Waals surface area contributed by atoms with Crippen molar-refractivity contribution in [3.63, 3.8) is 0 Å². The van der Waals surface area contributed by atoms with Crippen LogP contribution >= 0.6 is 11.8 Å². The van der Waals surface area contributed by atoms with E-state index in [9.17, 15) is 9.59 Å². The first-order valence-electron chi connectivity index (χ1n) is 10.1. The summed E-state index contributed by atoms with van der Waals surface area (Å²) in [4.78, 5) is 32.7. The summed E-state index contributed by atoms with van der Waals surface area (Å²) in [5.41, 5.74) is 8.51. The van der Waals surface area contributed by atoms with E-state index in [1.165, 1.54) is 14.2 Å². The number of fused-ring (bicyclic) bond motifs is 1. The SMILES string of the molecule is COc1ccc(C(=O)NNC(=O)c2ccc(CSc3nc4ccccc4[nH]3)cc2)c(OC)c1. The molecule has 33 heavy (non-hydrogen) atoms. The molecule has 0 aliphatic heterocycles. The highest BCUT2D eigenvalue weighted by Gasteiger charge is 2.15. The maximum Gasteiger partial charge on any atom is 0.273 e. The van der Waals surface area contributed by atoms with Gasteiger partial charge >= 0.3 is 0 Å². The second-order valence-corrected chi connectivity index (χ2v) is 7.98. The minimum atomic E-state index is -0.498. The fourth-order valence-corrected chi connectivity index (χ4v) is 3.98. The first-order valence-corrected chi connectivity index (χ1v) is 11.0. The van der Waals surface area contributed by atoms with Crippen LogP contribution in [0.1, 0.15) is 26.3 Å². The summed E-state index contributed by atoms with van der Waals surface area (Å²) in [6.45, 7) is 0. The highest BCUT2D eigenvalue weighted by molar-refractivity contribution is 7.98. The van der Waals surface area contributed by atoms with Gasteiger partial charge in [0.2, 0.25) is 0 Å². The van der Waals surface area contributed by atoms with E-state index in [4.69, 9.17) is 9.47 Å². The molecule has 0 saturated heterocycles. The Labute approximate surface area is 194 Å². The van der Waals surface area contributed by atoms with Gasteiger partial charge in [-0.05, 0) is 42.0 Å². The number of ether oxygens (including phenoxy) is 2. The molecule has 0 aliphatic carbocycles. The summed E-state index contributed by atoms with van der Waals surface area (Å²) < 4.78 is 10.3. The van der Waals surface area contributed by atoms with Crippen molar-refractivity contribution in [2.24, 2.45) is 0 Å². The number of hydrogen-bond acceptors (Lipinski definition) is 6. The quantitative estimate of drug-likeness (QED) is 0.284. The molecule has 9 heteroatoms. The van der Waals surface area contributed by atoms with Gasteiger partial charge < -0.3 is 14.5 Å². The second kappa shape index (κ2) is 10.1. The molecule has 2 amide bonds. The van der Waals surface area contributed by atoms with Crippen LogP contribution in [0.15, 0.2) is 71.9 Å². The number of para-hydroxylation sites is 2. The number of nitrogens with one attached hydrogen (secondary N) is 3. The van der Waals surface area contributed by atoms with E-state index in [0.717, 1.165) is 21.8 Å². The van der Waals surface area contributed by atoms with E-state index in [-0.39, 0.29) is 5.56 Å². The molecule has 1 aromatic heterocycles. The molecule has 8 nitrogen and oxygen atoms in total. The summed E-state index contributed by atoms with van der Waals surface area (Å²) in [7, 11) is 2.98. The molecule has 0 fully saturated rings. The molecule has 0 spiro atoms. The average molecular weight is 463 g/mol. The lowest BCUT2D eigenvalue weighted by atomic mass is 10.1. The van der Waals surface area contributed by atoms with Gasteiger partial charge in [-0.15, -0.1) is 0 Å². The van der Waals surface area contributed by atoms with Crippen LogP contribution in [0, 0.1) is 0 Å². The van der Waals surface area contributed by atoms with Gasteiger partial charge in [0.05, 0.1) is 30.8 Å². The normalized spacial score (nSPS) is 10.6. The molecular formula is C24H22N4O4S. The first kappa shape index (κ1) is 22.2. The molecule has 0 bridgehead atoms. The Morgan fingerprint density at radius 3 is 2.42 bits per heavy atom. The van der Waals surface area contributed by atoms with Crippen LogP contribution in [0.25, 0.3) is 11.0 Å². The number of amides is 2. The van der Waals surface area contributed by atoms with E-state index in [1.807, 2.05) is 36.4 Å². The highest BCUT2D eigenvalue weighted by Crippen LogP contribution is 2.25. The number of nitrogens with zero attached hydrogens (tertiary/aromatic N) is 1. The second-order valence-electron chi connectivity index (χ2n) is 7.02. The predicted octanol–water partition coefficient (Wildman–Crippen LogP) is 3.95. The number of aromatic nitrogens is 2. The molecule has 3 N–H and O–H groups in total. The van der Waals surface area contributed by atoms with Gasteiger partial charge in [-0.25, -0.2) is 4.98 Å². The number of H-pyrrole nitrogens is 1. The van der Waals surface area contributed by atoms with Crippen LogP contribution in [0.4, 0.5) is 0 Å². The van der Waals surface area contributed by atoms with Crippen molar-refractivity contribution < 1.29 is 19.1 Å². The fraction of sp³-hybridized carbons (Fsp3) is 0.125. The summed E-state index contributed by atoms with van der Waals surface area (Å²) in [5.74, 6) is 0.683. The zero-order chi connectivity index (χ0) is 23.2. The average Bonchev–Trinajstić information content (AvgIpc) is 3.28. The van der Waals surface area contributed by atoms with Gasteiger partial charge in [-0.1, -0.05) is 36.0 Å². The molecule has 0 radical (unpaired) electrons. The van der Waals surface area contributed by atoms with E-state index in [2.05, 4.69) is 20.8 Å². The first-order chi connectivity index (χ1) is 16.1. The Kier molecular flexibility index (Phi) is 6.80. The van der Waals surface area contributed by atoms with Gasteiger partial charge in [0.15, 0.2) is 5.16 Å². The number of imidazole rings is 1. The minimum absolute atomic E-state index is 0.275. The zero-order valence-corrected chi connectivity index (χ0v) is 18.9. The molecule has 4 aromatic rings. The number of carbonyl (C=O) groups is 2. The fourth-order valence-electron chi connectivity index (χ4n) is 3.14. The number of thioether (sulfide) groups is 1. The van der Waals surface area contributed by atoms with E-state index < -0.39 is 11.8 Å². The van der Waals surface area contributed by atoms with Gasteiger partial charge in [0.1, 0.15) is 11.5 Å². The number of hydrazine groups is 1. The van der Waals surface area contributed by atoms with Crippen LogP contribution in [0.5, 0.6) is 11.5 Å². The van der Waals surface area contributed by atoms with Gasteiger partial charge in [-0.2, -0.15) is 0 Å². The van der Waals surface area contributed by atoms with Crippen LogP contribution in [0.3, 0.4) is 0 Å². The third kappa shape index (κ3) is 5.27. The van der Waals surface area contributed by atoms with Crippen LogP contribution in [0.2, 0.25) is 0 Å². The maximum absolute atomic E-state index is 12.4. The van der Waals surface area contributed by atoms with Crippen LogP contribution < -0.4 is 20.3 Å². The third-order valence-electron chi connectivity index (χ3n) is 4.90. The summed E-state index contributed by atoms with van der Waals surface area (Å²) >= 11 is 1.59. The zero-order valence-electron chi connectivity index (χ0n) is 18.0. The van der Waals surface area contributed by atoms with Crippen molar-refractivity contribution in [1.29, 1.82) is 0 Å². The highest BCUT2D eigenvalue weighted by atomic mass is 32.2.